The lowest BCUT2D eigenvalue weighted by atomic mass is 10.1. The van der Waals surface area contributed by atoms with Gasteiger partial charge in [0.25, 0.3) is 0 Å². The highest BCUT2D eigenvalue weighted by Gasteiger charge is 2.07. The number of hydrogen-bond donors (Lipinski definition) is 1. The normalized spacial score (nSPS) is 13.1. The lowest BCUT2D eigenvalue weighted by molar-refractivity contribution is 0.263. The van der Waals surface area contributed by atoms with Gasteiger partial charge in [0.1, 0.15) is 0 Å². The van der Waals surface area contributed by atoms with Crippen LogP contribution in [0.2, 0.25) is 0 Å². The maximum Gasteiger partial charge on any atom is 0.0202 e. The predicted molar refractivity (Wildman–Crippen MR) is 69.3 cm³/mol. The molecule has 1 unspecified atom stereocenters. The average Bonchev–Trinajstić information content (AvgIpc) is 2.25. The van der Waals surface area contributed by atoms with E-state index in [4.69, 9.17) is 0 Å². The van der Waals surface area contributed by atoms with Gasteiger partial charge in [-0.15, -0.1) is 0 Å². The maximum atomic E-state index is 4.11. The molecule has 90 valence electrons. The van der Waals surface area contributed by atoms with E-state index in [0.717, 1.165) is 32.1 Å². The largest absolute Gasteiger partial charge is 0.313 e. The SMILES string of the molecule is C=C(CNCC)CN(CC)CC(C)CC. The Balaban J connectivity index is 3.82. The molecule has 15 heavy (non-hydrogen) atoms. The zero-order chi connectivity index (χ0) is 11.7. The van der Waals surface area contributed by atoms with Crippen LogP contribution >= 0.6 is 0 Å². The molecule has 0 saturated carbocycles. The molecule has 0 aromatic heterocycles. The number of nitrogens with zero attached hydrogens (tertiary/aromatic N) is 1. The third kappa shape index (κ3) is 7.57. The van der Waals surface area contributed by atoms with E-state index in [1.165, 1.54) is 18.5 Å². The first-order valence-electron chi connectivity index (χ1n) is 6.23. The first-order valence-corrected chi connectivity index (χ1v) is 6.23. The van der Waals surface area contributed by atoms with E-state index in [1.54, 1.807) is 0 Å². The molecule has 0 radical (unpaired) electrons. The van der Waals surface area contributed by atoms with Crippen LogP contribution in [0.15, 0.2) is 12.2 Å². The monoisotopic (exact) mass is 212 g/mol. The molecule has 2 nitrogen and oxygen atoms in total. The fraction of sp³-hybridized carbons (Fsp3) is 0.846. The molecule has 0 bridgehead atoms. The molecule has 0 heterocycles. The van der Waals surface area contributed by atoms with Crippen molar-refractivity contribution in [1.29, 1.82) is 0 Å². The first kappa shape index (κ1) is 14.7. The minimum atomic E-state index is 0.789. The lowest BCUT2D eigenvalue weighted by Gasteiger charge is -2.24. The van der Waals surface area contributed by atoms with E-state index in [0.29, 0.717) is 0 Å². The van der Waals surface area contributed by atoms with Crippen molar-refractivity contribution in [1.82, 2.24) is 10.2 Å². The van der Waals surface area contributed by atoms with E-state index in [1.807, 2.05) is 0 Å². The third-order valence-corrected chi connectivity index (χ3v) is 2.79. The zero-order valence-electron chi connectivity index (χ0n) is 11.0. The van der Waals surface area contributed by atoms with Crippen molar-refractivity contribution in [3.63, 3.8) is 0 Å². The second-order valence-electron chi connectivity index (χ2n) is 4.37. The van der Waals surface area contributed by atoms with Crippen molar-refractivity contribution in [2.45, 2.75) is 34.1 Å². The molecule has 0 spiro atoms. The molecule has 1 atom stereocenters. The molecule has 0 aliphatic carbocycles. The van der Waals surface area contributed by atoms with Gasteiger partial charge in [0, 0.05) is 19.6 Å². The Morgan fingerprint density at radius 1 is 1.33 bits per heavy atom. The first-order chi connectivity index (χ1) is 7.13. The van der Waals surface area contributed by atoms with Crippen molar-refractivity contribution in [3.05, 3.63) is 12.2 Å². The summed E-state index contributed by atoms with van der Waals surface area (Å²) in [7, 11) is 0. The van der Waals surface area contributed by atoms with Gasteiger partial charge in [-0.05, 0) is 24.6 Å². The highest BCUT2D eigenvalue weighted by molar-refractivity contribution is 4.99. The smallest absolute Gasteiger partial charge is 0.0202 e. The van der Waals surface area contributed by atoms with Crippen LogP contribution in [-0.4, -0.2) is 37.6 Å². The topological polar surface area (TPSA) is 15.3 Å². The van der Waals surface area contributed by atoms with Gasteiger partial charge in [-0.2, -0.15) is 0 Å². The Kier molecular flexibility index (Phi) is 8.73. The standard InChI is InChI=1S/C13H28N2/c1-6-12(4)10-15(8-3)11-13(5)9-14-7-2/h12,14H,5-11H2,1-4H3. The summed E-state index contributed by atoms with van der Waals surface area (Å²) in [6, 6.07) is 0. The molecule has 0 amide bonds. The Morgan fingerprint density at radius 3 is 2.47 bits per heavy atom. The fourth-order valence-corrected chi connectivity index (χ4v) is 1.55. The van der Waals surface area contributed by atoms with Crippen LogP contribution in [0.5, 0.6) is 0 Å². The van der Waals surface area contributed by atoms with Gasteiger partial charge >= 0.3 is 0 Å². The molecule has 0 aromatic carbocycles. The van der Waals surface area contributed by atoms with Crippen LogP contribution in [0, 0.1) is 5.92 Å². The predicted octanol–water partition coefficient (Wildman–Crippen LogP) is 2.52. The summed E-state index contributed by atoms with van der Waals surface area (Å²) in [6.45, 7) is 18.4. The van der Waals surface area contributed by atoms with Gasteiger partial charge in [-0.3, -0.25) is 4.90 Å². The molecule has 0 fully saturated rings. The number of hydrogen-bond acceptors (Lipinski definition) is 2. The Morgan fingerprint density at radius 2 is 2.00 bits per heavy atom. The van der Waals surface area contributed by atoms with Crippen LogP contribution < -0.4 is 5.32 Å². The second kappa shape index (κ2) is 8.93. The summed E-state index contributed by atoms with van der Waals surface area (Å²) in [5, 5.41) is 3.32. The minimum Gasteiger partial charge on any atom is -0.313 e. The molecule has 0 saturated heterocycles. The average molecular weight is 212 g/mol. The van der Waals surface area contributed by atoms with E-state index in [2.05, 4.69) is 44.5 Å². The van der Waals surface area contributed by atoms with Crippen molar-refractivity contribution >= 4 is 0 Å². The van der Waals surface area contributed by atoms with Gasteiger partial charge in [0.2, 0.25) is 0 Å². The number of rotatable bonds is 9. The highest BCUT2D eigenvalue weighted by atomic mass is 15.1. The van der Waals surface area contributed by atoms with E-state index < -0.39 is 0 Å². The van der Waals surface area contributed by atoms with Gasteiger partial charge < -0.3 is 5.32 Å². The fourth-order valence-electron chi connectivity index (χ4n) is 1.55. The summed E-state index contributed by atoms with van der Waals surface area (Å²) in [4.78, 5) is 2.48. The summed E-state index contributed by atoms with van der Waals surface area (Å²) in [6.07, 6.45) is 1.26. The summed E-state index contributed by atoms with van der Waals surface area (Å²) >= 11 is 0. The van der Waals surface area contributed by atoms with Crippen molar-refractivity contribution < 1.29 is 0 Å². The third-order valence-electron chi connectivity index (χ3n) is 2.79. The van der Waals surface area contributed by atoms with E-state index in [9.17, 15) is 0 Å². The van der Waals surface area contributed by atoms with Gasteiger partial charge in [-0.1, -0.05) is 40.7 Å². The highest BCUT2D eigenvalue weighted by Crippen LogP contribution is 2.05. The molecule has 0 aromatic rings. The van der Waals surface area contributed by atoms with Crippen molar-refractivity contribution in [3.8, 4) is 0 Å². The Hall–Kier alpha value is -0.340. The van der Waals surface area contributed by atoms with E-state index in [-0.39, 0.29) is 0 Å². The quantitative estimate of drug-likeness (QED) is 0.591. The summed E-state index contributed by atoms with van der Waals surface area (Å²) in [5.74, 6) is 0.789. The second-order valence-corrected chi connectivity index (χ2v) is 4.37. The minimum absolute atomic E-state index is 0.789. The zero-order valence-corrected chi connectivity index (χ0v) is 11.0. The molecule has 2 heteroatoms. The van der Waals surface area contributed by atoms with Crippen molar-refractivity contribution in [2.24, 2.45) is 5.92 Å². The molecule has 0 rings (SSSR count). The summed E-state index contributed by atoms with van der Waals surface area (Å²) < 4.78 is 0. The maximum absolute atomic E-state index is 4.11. The molecule has 0 aliphatic heterocycles. The molecular formula is C13H28N2. The number of likely N-dealkylation sites (N-methyl/N-ethyl adjacent to an activating group) is 2. The molecule has 0 aliphatic rings. The van der Waals surface area contributed by atoms with E-state index >= 15 is 0 Å². The lowest BCUT2D eigenvalue weighted by Crippen LogP contribution is -2.32. The van der Waals surface area contributed by atoms with Crippen LogP contribution in [0.25, 0.3) is 0 Å². The van der Waals surface area contributed by atoms with Gasteiger partial charge in [0.05, 0.1) is 0 Å². The van der Waals surface area contributed by atoms with Crippen LogP contribution in [0.4, 0.5) is 0 Å². The molecule has 1 N–H and O–H groups in total. The van der Waals surface area contributed by atoms with Crippen LogP contribution in [0.3, 0.4) is 0 Å². The van der Waals surface area contributed by atoms with Gasteiger partial charge in [-0.25, -0.2) is 0 Å². The van der Waals surface area contributed by atoms with Gasteiger partial charge in [0.15, 0.2) is 0 Å². The summed E-state index contributed by atoms with van der Waals surface area (Å²) in [5.41, 5.74) is 1.29. The van der Waals surface area contributed by atoms with Crippen LogP contribution in [0.1, 0.15) is 34.1 Å². The Labute approximate surface area is 95.7 Å². The Bertz CT molecular complexity index is 166. The molecular weight excluding hydrogens is 184 g/mol. The number of nitrogens with one attached hydrogen (secondary N) is 1. The van der Waals surface area contributed by atoms with Crippen LogP contribution in [-0.2, 0) is 0 Å². The van der Waals surface area contributed by atoms with Crippen molar-refractivity contribution in [2.75, 3.05) is 32.7 Å².